The average Bonchev–Trinajstić information content (AvgIpc) is 2.16. The zero-order valence-corrected chi connectivity index (χ0v) is 9.67. The van der Waals surface area contributed by atoms with Gasteiger partial charge in [0.05, 0.1) is 0 Å². The normalized spacial score (nSPS) is 13.2. The Bertz CT molecular complexity index is 278. The number of benzene rings is 1. The molecule has 78 valence electrons. The van der Waals surface area contributed by atoms with Crippen LogP contribution in [0.2, 0.25) is 0 Å². The molecule has 14 heavy (non-hydrogen) atoms. The maximum Gasteiger partial charge on any atom is 0.0289 e. The zero-order chi connectivity index (χ0) is 10.6. The highest BCUT2D eigenvalue weighted by Gasteiger charge is 2.03. The van der Waals surface area contributed by atoms with E-state index in [1.807, 2.05) is 7.05 Å². The smallest absolute Gasteiger partial charge is 0.0289 e. The van der Waals surface area contributed by atoms with Gasteiger partial charge >= 0.3 is 0 Å². The minimum absolute atomic E-state index is 0.446. The van der Waals surface area contributed by atoms with E-state index in [0.29, 0.717) is 6.04 Å². The van der Waals surface area contributed by atoms with Gasteiger partial charge in [0.25, 0.3) is 0 Å². The Hall–Kier alpha value is -0.820. The lowest BCUT2D eigenvalue weighted by Crippen LogP contribution is -2.12. The summed E-state index contributed by atoms with van der Waals surface area (Å²) in [7, 11) is 2.00. The van der Waals surface area contributed by atoms with E-state index >= 15 is 0 Å². The van der Waals surface area contributed by atoms with Crippen LogP contribution in [0, 0.1) is 5.92 Å². The molecule has 0 aliphatic rings. The molecule has 0 bridgehead atoms. The van der Waals surface area contributed by atoms with Crippen molar-refractivity contribution in [3.8, 4) is 0 Å². The van der Waals surface area contributed by atoms with Crippen LogP contribution in [0.3, 0.4) is 0 Å². The van der Waals surface area contributed by atoms with Crippen molar-refractivity contribution in [3.63, 3.8) is 0 Å². The van der Waals surface area contributed by atoms with E-state index in [4.69, 9.17) is 0 Å². The van der Waals surface area contributed by atoms with E-state index in [-0.39, 0.29) is 0 Å². The number of hydrogen-bond acceptors (Lipinski definition) is 1. The van der Waals surface area contributed by atoms with Gasteiger partial charge in [-0.3, -0.25) is 0 Å². The summed E-state index contributed by atoms with van der Waals surface area (Å²) < 4.78 is 0. The largest absolute Gasteiger partial charge is 0.313 e. The van der Waals surface area contributed by atoms with Gasteiger partial charge in [0.2, 0.25) is 0 Å². The van der Waals surface area contributed by atoms with Gasteiger partial charge in [-0.25, -0.2) is 0 Å². The fraction of sp³-hybridized carbons (Fsp3) is 0.538. The molecule has 1 atom stereocenters. The first kappa shape index (κ1) is 11.3. The number of hydrogen-bond donors (Lipinski definition) is 1. The maximum atomic E-state index is 3.26. The molecule has 1 unspecified atom stereocenters. The number of rotatable bonds is 4. The topological polar surface area (TPSA) is 12.0 Å². The second kappa shape index (κ2) is 5.16. The third kappa shape index (κ3) is 3.15. The van der Waals surface area contributed by atoms with Crippen molar-refractivity contribution in [2.45, 2.75) is 33.2 Å². The first-order chi connectivity index (χ1) is 6.63. The van der Waals surface area contributed by atoms with Crippen molar-refractivity contribution in [1.82, 2.24) is 5.32 Å². The van der Waals surface area contributed by atoms with E-state index in [9.17, 15) is 0 Å². The quantitative estimate of drug-likeness (QED) is 0.771. The third-order valence-electron chi connectivity index (χ3n) is 2.53. The Balaban J connectivity index is 2.78. The Kier molecular flexibility index (Phi) is 4.15. The fourth-order valence-electron chi connectivity index (χ4n) is 1.63. The summed E-state index contributed by atoms with van der Waals surface area (Å²) in [6.07, 6.45) is 1.17. The Morgan fingerprint density at radius 3 is 2.50 bits per heavy atom. The van der Waals surface area contributed by atoms with Crippen molar-refractivity contribution in [2.75, 3.05) is 7.05 Å². The molecule has 1 N–H and O–H groups in total. The molecule has 0 spiro atoms. The second-order valence-electron chi connectivity index (χ2n) is 4.35. The number of nitrogens with one attached hydrogen (secondary N) is 1. The van der Waals surface area contributed by atoms with Crippen molar-refractivity contribution in [2.24, 2.45) is 5.92 Å². The van der Waals surface area contributed by atoms with Crippen molar-refractivity contribution in [1.29, 1.82) is 0 Å². The molecular formula is C13H21N. The van der Waals surface area contributed by atoms with E-state index in [0.717, 1.165) is 5.92 Å². The molecule has 1 aromatic rings. The molecule has 0 radical (unpaired) electrons. The highest BCUT2D eigenvalue weighted by molar-refractivity contribution is 5.25. The Morgan fingerprint density at radius 1 is 1.21 bits per heavy atom. The first-order valence-electron chi connectivity index (χ1n) is 5.39. The molecule has 0 aliphatic heterocycles. The van der Waals surface area contributed by atoms with Crippen molar-refractivity contribution >= 4 is 0 Å². The first-order valence-corrected chi connectivity index (χ1v) is 5.39. The molecule has 0 saturated heterocycles. The molecule has 1 aromatic carbocycles. The standard InChI is InChI=1S/C13H21N/c1-10(2)8-12-6-5-7-13(9-12)11(3)14-4/h5-7,9-11,14H,8H2,1-4H3. The molecule has 1 nitrogen and oxygen atoms in total. The van der Waals surface area contributed by atoms with Crippen molar-refractivity contribution in [3.05, 3.63) is 35.4 Å². The molecule has 0 heterocycles. The maximum absolute atomic E-state index is 3.26. The van der Waals surface area contributed by atoms with Crippen LogP contribution in [0.15, 0.2) is 24.3 Å². The van der Waals surface area contributed by atoms with Gasteiger partial charge in [-0.1, -0.05) is 38.1 Å². The molecule has 0 aliphatic carbocycles. The lowest BCUT2D eigenvalue weighted by Gasteiger charge is -2.12. The molecule has 0 saturated carbocycles. The lowest BCUT2D eigenvalue weighted by molar-refractivity contribution is 0.635. The van der Waals surface area contributed by atoms with E-state index < -0.39 is 0 Å². The summed E-state index contributed by atoms with van der Waals surface area (Å²) in [6, 6.07) is 9.31. The second-order valence-corrected chi connectivity index (χ2v) is 4.35. The molecule has 1 heteroatoms. The summed E-state index contributed by atoms with van der Waals surface area (Å²) >= 11 is 0. The molecule has 0 aromatic heterocycles. The highest BCUT2D eigenvalue weighted by atomic mass is 14.8. The van der Waals surface area contributed by atoms with E-state index in [1.54, 1.807) is 0 Å². The molecule has 0 amide bonds. The van der Waals surface area contributed by atoms with Crippen LogP contribution in [0.5, 0.6) is 0 Å². The van der Waals surface area contributed by atoms with Crippen LogP contribution in [0.4, 0.5) is 0 Å². The zero-order valence-electron chi connectivity index (χ0n) is 9.67. The molecule has 1 rings (SSSR count). The van der Waals surface area contributed by atoms with Gasteiger partial charge in [-0.2, -0.15) is 0 Å². The fourth-order valence-corrected chi connectivity index (χ4v) is 1.63. The van der Waals surface area contributed by atoms with Gasteiger partial charge in [-0.15, -0.1) is 0 Å². The Labute approximate surface area is 87.5 Å². The summed E-state index contributed by atoms with van der Waals surface area (Å²) in [5, 5.41) is 3.26. The van der Waals surface area contributed by atoms with Crippen LogP contribution in [-0.2, 0) is 6.42 Å². The third-order valence-corrected chi connectivity index (χ3v) is 2.53. The monoisotopic (exact) mass is 191 g/mol. The van der Waals surface area contributed by atoms with Crippen LogP contribution in [0.25, 0.3) is 0 Å². The van der Waals surface area contributed by atoms with Crippen LogP contribution in [0.1, 0.15) is 37.9 Å². The van der Waals surface area contributed by atoms with Gasteiger partial charge in [-0.05, 0) is 37.4 Å². The minimum atomic E-state index is 0.446. The van der Waals surface area contributed by atoms with Gasteiger partial charge in [0.15, 0.2) is 0 Å². The minimum Gasteiger partial charge on any atom is -0.313 e. The molecule has 0 fully saturated rings. The van der Waals surface area contributed by atoms with Crippen LogP contribution < -0.4 is 5.32 Å². The summed E-state index contributed by atoms with van der Waals surface area (Å²) in [5.41, 5.74) is 2.82. The van der Waals surface area contributed by atoms with Crippen LogP contribution >= 0.6 is 0 Å². The lowest BCUT2D eigenvalue weighted by atomic mass is 9.99. The molecular weight excluding hydrogens is 170 g/mol. The van der Waals surface area contributed by atoms with E-state index in [2.05, 4.69) is 50.4 Å². The van der Waals surface area contributed by atoms with Crippen molar-refractivity contribution < 1.29 is 0 Å². The van der Waals surface area contributed by atoms with Gasteiger partial charge in [0.1, 0.15) is 0 Å². The summed E-state index contributed by atoms with van der Waals surface area (Å²) in [5.74, 6) is 0.732. The predicted molar refractivity (Wildman–Crippen MR) is 62.5 cm³/mol. The van der Waals surface area contributed by atoms with Crippen LogP contribution in [-0.4, -0.2) is 7.05 Å². The Morgan fingerprint density at radius 2 is 1.93 bits per heavy atom. The van der Waals surface area contributed by atoms with Gasteiger partial charge in [0, 0.05) is 6.04 Å². The van der Waals surface area contributed by atoms with E-state index in [1.165, 1.54) is 17.5 Å². The van der Waals surface area contributed by atoms with Gasteiger partial charge < -0.3 is 5.32 Å². The summed E-state index contributed by atoms with van der Waals surface area (Å²) in [6.45, 7) is 6.71. The SMILES string of the molecule is CNC(C)c1cccc(CC(C)C)c1. The summed E-state index contributed by atoms with van der Waals surface area (Å²) in [4.78, 5) is 0. The highest BCUT2D eigenvalue weighted by Crippen LogP contribution is 2.15. The predicted octanol–water partition coefficient (Wildman–Crippen LogP) is 3.17. The average molecular weight is 191 g/mol.